The fourth-order valence-electron chi connectivity index (χ4n) is 10.5. The zero-order valence-corrected chi connectivity index (χ0v) is 38.8. The number of piperidine rings is 2. The number of rotatable bonds is 11. The van der Waals surface area contributed by atoms with Crippen molar-refractivity contribution in [2.75, 3.05) is 74.9 Å². The van der Waals surface area contributed by atoms with Crippen LogP contribution in [0.2, 0.25) is 0 Å². The number of hydrogen-bond acceptors (Lipinski definition) is 11. The average molecular weight is 916 g/mol. The second-order valence-electron chi connectivity index (χ2n) is 18.6. The molecule has 5 aromatic rings. The lowest BCUT2D eigenvalue weighted by Gasteiger charge is -2.43. The summed E-state index contributed by atoms with van der Waals surface area (Å²) in [4.78, 5) is 68.1. The second kappa shape index (κ2) is 19.0. The number of carbonyl (C=O) groups excluding carboxylic acids is 3. The summed E-state index contributed by atoms with van der Waals surface area (Å²) in [5, 5.41) is 9.20. The molecule has 9 rings (SSSR count). The number of nitrogens with zero attached hydrogens (tertiary/aromatic N) is 8. The summed E-state index contributed by atoms with van der Waals surface area (Å²) >= 11 is 0. The molecular weight excluding hydrogens is 857 g/mol. The van der Waals surface area contributed by atoms with E-state index in [1.807, 2.05) is 42.0 Å². The molecule has 3 atom stereocenters. The highest BCUT2D eigenvalue weighted by Crippen LogP contribution is 2.35. The number of aromatic nitrogens is 4. The van der Waals surface area contributed by atoms with Crippen LogP contribution in [-0.4, -0.2) is 123 Å². The van der Waals surface area contributed by atoms with Gasteiger partial charge in [-0.3, -0.25) is 38.9 Å². The fraction of sp³-hybridized carbons (Fsp3) is 0.440. The lowest BCUT2D eigenvalue weighted by atomic mass is 9.92. The van der Waals surface area contributed by atoms with Crippen LogP contribution in [0.1, 0.15) is 79.2 Å². The van der Waals surface area contributed by atoms with E-state index < -0.39 is 17.8 Å². The van der Waals surface area contributed by atoms with E-state index in [-0.39, 0.29) is 47.5 Å². The number of pyridine rings is 3. The van der Waals surface area contributed by atoms with Crippen LogP contribution in [0, 0.1) is 24.5 Å². The zero-order valence-electron chi connectivity index (χ0n) is 38.8. The first kappa shape index (κ1) is 45.7. The summed E-state index contributed by atoms with van der Waals surface area (Å²) < 4.78 is 35.1. The smallest absolute Gasteiger partial charge is 0.257 e. The molecule has 67 heavy (non-hydrogen) atoms. The lowest BCUT2D eigenvalue weighted by molar-refractivity contribution is -0.133. The van der Waals surface area contributed by atoms with E-state index >= 15 is 8.78 Å². The number of nitrogens with one attached hydrogen (secondary N) is 3. The van der Waals surface area contributed by atoms with Gasteiger partial charge in [-0.15, -0.1) is 0 Å². The summed E-state index contributed by atoms with van der Waals surface area (Å²) in [5.74, 6) is -1.05. The maximum atomic E-state index is 16.1. The molecule has 3 amide bonds. The number of amides is 3. The Bertz CT molecular complexity index is 2790. The number of hydrogen-bond donors (Lipinski definition) is 3. The van der Waals surface area contributed by atoms with Crippen LogP contribution in [0.5, 0.6) is 0 Å². The molecule has 3 saturated heterocycles. The molecule has 8 heterocycles. The Labute approximate surface area is 388 Å². The third-order valence-electron chi connectivity index (χ3n) is 14.3. The van der Waals surface area contributed by atoms with E-state index in [2.05, 4.69) is 66.3 Å². The van der Waals surface area contributed by atoms with Gasteiger partial charge in [0, 0.05) is 137 Å². The number of likely N-dealkylation sites (tertiary alicyclic amines) is 1. The number of piperazine rings is 1. The first-order valence-electron chi connectivity index (χ1n) is 23.4. The highest BCUT2D eigenvalue weighted by molar-refractivity contribution is 6.01. The van der Waals surface area contributed by atoms with Crippen LogP contribution in [-0.2, 0) is 16.6 Å². The van der Waals surface area contributed by atoms with Crippen molar-refractivity contribution in [3.8, 4) is 5.69 Å². The van der Waals surface area contributed by atoms with E-state index in [0.29, 0.717) is 68.3 Å². The Kier molecular flexibility index (Phi) is 13.0. The minimum atomic E-state index is -0.616. The quantitative estimate of drug-likeness (QED) is 0.136. The second-order valence-corrected chi connectivity index (χ2v) is 18.6. The minimum Gasteiger partial charge on any atom is -0.388 e. The number of carbonyl (C=O) groups is 3. The molecule has 15 nitrogen and oxygen atoms in total. The average Bonchev–Trinajstić information content (AvgIpc) is 3.66. The standard InChI is InChI=1S/C50H59F2N11O4/c1-30-22-35(23-39(51)46(30)34-11-17-59(18-12-34)32(3)43-26-38-42(8-14-54-47(38)58(43)5)63-19-13-36(53-4)25-45(63)65)50(67)60-15-9-33(10-16-60)29-61-20-21-62(28-31(61)2)48-40(52)24-37(27-55-48)56-41-6-7-44(64)57-49(41)66/h8,11,13-14,19,22-27,31-33,41,53,56H,6-7,9-10,12,15-18,20-21,28-29H2,1-5H3,(H,57,64,66)/t31-,32+,41-/m1/s1. The molecule has 17 heteroatoms. The van der Waals surface area contributed by atoms with Gasteiger partial charge >= 0.3 is 0 Å². The van der Waals surface area contributed by atoms with Crippen LogP contribution in [0.15, 0.2) is 71.9 Å². The number of fused-ring (bicyclic) bond motifs is 1. The summed E-state index contributed by atoms with van der Waals surface area (Å²) in [6.07, 6.45) is 10.1. The third-order valence-corrected chi connectivity index (χ3v) is 14.3. The van der Waals surface area contributed by atoms with Gasteiger partial charge in [-0.05, 0) is 93.8 Å². The van der Waals surface area contributed by atoms with Crippen LogP contribution in [0.4, 0.5) is 26.0 Å². The largest absolute Gasteiger partial charge is 0.388 e. The summed E-state index contributed by atoms with van der Waals surface area (Å²) in [6.45, 7) is 11.6. The van der Waals surface area contributed by atoms with Crippen molar-refractivity contribution in [3.63, 3.8) is 0 Å². The maximum absolute atomic E-state index is 16.1. The van der Waals surface area contributed by atoms with E-state index in [4.69, 9.17) is 0 Å². The normalized spacial score (nSPS) is 20.5. The van der Waals surface area contributed by atoms with Crippen molar-refractivity contribution in [3.05, 3.63) is 112 Å². The SMILES string of the molecule is CNc1ccn(-c2ccnc3c2cc([C@H](C)N2CC=C(c4c(C)cc(C(=O)N5CCC(CN6CCN(c7ncc(N[C@@H]8CCC(=O)NC8=O)cc7F)C[C@H]6C)CC5)cc4F)CC2)n3C)c(=O)c1. The molecule has 0 spiro atoms. The molecule has 352 valence electrons. The van der Waals surface area contributed by atoms with Crippen molar-refractivity contribution in [1.29, 1.82) is 0 Å². The van der Waals surface area contributed by atoms with E-state index in [9.17, 15) is 19.2 Å². The van der Waals surface area contributed by atoms with Crippen molar-refractivity contribution in [2.24, 2.45) is 13.0 Å². The van der Waals surface area contributed by atoms with Gasteiger partial charge in [0.2, 0.25) is 11.8 Å². The Morgan fingerprint density at radius 3 is 2.43 bits per heavy atom. The predicted molar refractivity (Wildman–Crippen MR) is 255 cm³/mol. The first-order valence-corrected chi connectivity index (χ1v) is 23.4. The molecule has 3 N–H and O–H groups in total. The molecule has 0 aliphatic carbocycles. The van der Waals surface area contributed by atoms with Crippen LogP contribution in [0.25, 0.3) is 22.3 Å². The van der Waals surface area contributed by atoms with Crippen LogP contribution in [0.3, 0.4) is 0 Å². The Hall–Kier alpha value is -6.46. The summed E-state index contributed by atoms with van der Waals surface area (Å²) in [7, 11) is 3.78. The molecule has 4 aromatic heterocycles. The Morgan fingerprint density at radius 1 is 0.940 bits per heavy atom. The summed E-state index contributed by atoms with van der Waals surface area (Å²) in [6, 6.07) is 11.6. The molecule has 0 bridgehead atoms. The highest BCUT2D eigenvalue weighted by Gasteiger charge is 2.32. The molecular formula is C50H59F2N11O4. The van der Waals surface area contributed by atoms with Crippen molar-refractivity contribution in [2.45, 2.75) is 71.0 Å². The fourth-order valence-corrected chi connectivity index (χ4v) is 10.5. The number of anilines is 3. The van der Waals surface area contributed by atoms with Crippen LogP contribution >= 0.6 is 0 Å². The van der Waals surface area contributed by atoms with Crippen molar-refractivity contribution >= 4 is 51.5 Å². The van der Waals surface area contributed by atoms with Gasteiger partial charge in [0.15, 0.2) is 11.6 Å². The van der Waals surface area contributed by atoms with E-state index in [1.165, 1.54) is 18.3 Å². The number of aryl methyl sites for hydroxylation is 2. The van der Waals surface area contributed by atoms with E-state index in [0.717, 1.165) is 71.7 Å². The monoisotopic (exact) mass is 915 g/mol. The molecule has 4 aliphatic rings. The molecule has 0 radical (unpaired) electrons. The third kappa shape index (κ3) is 9.31. The number of benzene rings is 1. The number of halogens is 2. The van der Waals surface area contributed by atoms with Gasteiger partial charge in [0.05, 0.1) is 17.6 Å². The highest BCUT2D eigenvalue weighted by atomic mass is 19.1. The molecule has 3 fully saturated rings. The van der Waals surface area contributed by atoms with Gasteiger partial charge in [-0.1, -0.05) is 6.08 Å². The van der Waals surface area contributed by atoms with Gasteiger partial charge in [-0.2, -0.15) is 0 Å². The Morgan fingerprint density at radius 2 is 1.75 bits per heavy atom. The van der Waals surface area contributed by atoms with Crippen molar-refractivity contribution in [1.82, 2.24) is 39.1 Å². The van der Waals surface area contributed by atoms with Gasteiger partial charge in [0.25, 0.3) is 11.5 Å². The van der Waals surface area contributed by atoms with Crippen LogP contribution < -0.4 is 26.4 Å². The minimum absolute atomic E-state index is 0.0228. The molecule has 0 unspecified atom stereocenters. The lowest BCUT2D eigenvalue weighted by Crippen LogP contribution is -2.54. The summed E-state index contributed by atoms with van der Waals surface area (Å²) in [5.41, 5.74) is 6.26. The zero-order chi connectivity index (χ0) is 47.1. The first-order chi connectivity index (χ1) is 32.3. The molecule has 1 aromatic carbocycles. The molecule has 0 saturated carbocycles. The van der Waals surface area contributed by atoms with Gasteiger partial charge in [0.1, 0.15) is 17.5 Å². The topological polar surface area (TPSA) is 153 Å². The van der Waals surface area contributed by atoms with Crippen molar-refractivity contribution < 1.29 is 23.2 Å². The maximum Gasteiger partial charge on any atom is 0.257 e. The van der Waals surface area contributed by atoms with Gasteiger partial charge in [-0.25, -0.2) is 18.7 Å². The number of imide groups is 1. The van der Waals surface area contributed by atoms with E-state index in [1.54, 1.807) is 30.1 Å². The van der Waals surface area contributed by atoms with Gasteiger partial charge < -0.3 is 25.0 Å². The molecule has 4 aliphatic heterocycles. The predicted octanol–water partition coefficient (Wildman–Crippen LogP) is 5.88. The Balaban J connectivity index is 0.773.